The minimum absolute atomic E-state index is 0.130. The number of nitrogens with zero attached hydrogens (tertiary/aromatic N) is 1. The van der Waals surface area contributed by atoms with E-state index in [4.69, 9.17) is 9.31 Å². The number of amides is 1. The first-order chi connectivity index (χ1) is 10.2. The third-order valence-corrected chi connectivity index (χ3v) is 4.81. The molecule has 1 aromatic carbocycles. The van der Waals surface area contributed by atoms with Crippen molar-refractivity contribution >= 4 is 18.5 Å². The van der Waals surface area contributed by atoms with E-state index in [1.165, 1.54) is 4.90 Å². The molecule has 22 heavy (non-hydrogen) atoms. The van der Waals surface area contributed by atoms with Crippen LogP contribution in [0.2, 0.25) is 0 Å². The van der Waals surface area contributed by atoms with Crippen LogP contribution in [0, 0.1) is 0 Å². The highest BCUT2D eigenvalue weighted by Gasteiger charge is 2.51. The summed E-state index contributed by atoms with van der Waals surface area (Å²) in [5, 5.41) is 0. The molecule has 2 aliphatic heterocycles. The van der Waals surface area contributed by atoms with Gasteiger partial charge in [-0.3, -0.25) is 4.79 Å². The Morgan fingerprint density at radius 3 is 2.09 bits per heavy atom. The SMILES string of the molecule is CC1(C)OB(c2ccc(C(=O)N3CC(F)C3)cc2)OC1(C)C. The summed E-state index contributed by atoms with van der Waals surface area (Å²) in [6.45, 7) is 8.39. The lowest BCUT2D eigenvalue weighted by atomic mass is 9.79. The van der Waals surface area contributed by atoms with Gasteiger partial charge in [0.1, 0.15) is 6.17 Å². The van der Waals surface area contributed by atoms with Gasteiger partial charge < -0.3 is 14.2 Å². The van der Waals surface area contributed by atoms with Gasteiger partial charge in [-0.15, -0.1) is 0 Å². The van der Waals surface area contributed by atoms with Gasteiger partial charge in [-0.05, 0) is 45.3 Å². The third-order valence-electron chi connectivity index (χ3n) is 4.81. The Morgan fingerprint density at radius 2 is 1.64 bits per heavy atom. The van der Waals surface area contributed by atoms with E-state index in [2.05, 4.69) is 0 Å². The van der Waals surface area contributed by atoms with Gasteiger partial charge >= 0.3 is 7.12 Å². The fraction of sp³-hybridized carbons (Fsp3) is 0.562. The molecule has 0 saturated carbocycles. The van der Waals surface area contributed by atoms with Crippen LogP contribution in [0.5, 0.6) is 0 Å². The first-order valence-electron chi connectivity index (χ1n) is 7.58. The smallest absolute Gasteiger partial charge is 0.399 e. The second-order valence-corrected chi connectivity index (χ2v) is 7.02. The number of likely N-dealkylation sites (tertiary alicyclic amines) is 1. The molecule has 0 N–H and O–H groups in total. The summed E-state index contributed by atoms with van der Waals surface area (Å²) in [5.74, 6) is -0.130. The molecular formula is C16H21BFNO3. The van der Waals surface area contributed by atoms with E-state index in [1.54, 1.807) is 12.1 Å². The number of hydrogen-bond acceptors (Lipinski definition) is 3. The predicted octanol–water partition coefficient (Wildman–Crippen LogP) is 1.78. The van der Waals surface area contributed by atoms with Crippen molar-refractivity contribution in [3.05, 3.63) is 29.8 Å². The number of carbonyl (C=O) groups is 1. The van der Waals surface area contributed by atoms with Gasteiger partial charge in [0.15, 0.2) is 0 Å². The number of hydrogen-bond donors (Lipinski definition) is 0. The summed E-state index contributed by atoms with van der Waals surface area (Å²) >= 11 is 0. The average Bonchev–Trinajstić information content (AvgIpc) is 2.63. The van der Waals surface area contributed by atoms with E-state index in [0.29, 0.717) is 5.56 Å². The molecule has 0 spiro atoms. The molecule has 3 rings (SSSR count). The van der Waals surface area contributed by atoms with Crippen LogP contribution in [0.25, 0.3) is 0 Å². The Hall–Kier alpha value is -1.40. The van der Waals surface area contributed by atoms with E-state index in [9.17, 15) is 9.18 Å². The summed E-state index contributed by atoms with van der Waals surface area (Å²) in [4.78, 5) is 13.6. The lowest BCUT2D eigenvalue weighted by molar-refractivity contribution is 0.00578. The molecule has 2 heterocycles. The minimum Gasteiger partial charge on any atom is -0.399 e. The topological polar surface area (TPSA) is 38.8 Å². The van der Waals surface area contributed by atoms with Crippen LogP contribution < -0.4 is 5.46 Å². The van der Waals surface area contributed by atoms with Gasteiger partial charge in [-0.1, -0.05) is 12.1 Å². The molecule has 0 unspecified atom stereocenters. The number of halogens is 1. The van der Waals surface area contributed by atoms with E-state index < -0.39 is 13.3 Å². The van der Waals surface area contributed by atoms with Crippen LogP contribution >= 0.6 is 0 Å². The van der Waals surface area contributed by atoms with Gasteiger partial charge in [-0.2, -0.15) is 0 Å². The first-order valence-corrected chi connectivity index (χ1v) is 7.58. The molecule has 0 bridgehead atoms. The number of alkyl halides is 1. The fourth-order valence-corrected chi connectivity index (χ4v) is 2.54. The van der Waals surface area contributed by atoms with Crippen molar-refractivity contribution in [1.82, 2.24) is 4.90 Å². The highest BCUT2D eigenvalue weighted by atomic mass is 19.1. The molecule has 118 valence electrons. The molecule has 2 aliphatic rings. The Morgan fingerprint density at radius 1 is 1.14 bits per heavy atom. The van der Waals surface area contributed by atoms with Gasteiger partial charge in [0.2, 0.25) is 0 Å². The highest BCUT2D eigenvalue weighted by molar-refractivity contribution is 6.62. The van der Waals surface area contributed by atoms with Crippen LogP contribution in [0.3, 0.4) is 0 Å². The molecule has 6 heteroatoms. The summed E-state index contributed by atoms with van der Waals surface area (Å²) in [6.07, 6.45) is -0.882. The van der Waals surface area contributed by atoms with Crippen molar-refractivity contribution in [2.75, 3.05) is 13.1 Å². The number of benzene rings is 1. The van der Waals surface area contributed by atoms with Gasteiger partial charge in [0.05, 0.1) is 24.3 Å². The van der Waals surface area contributed by atoms with Crippen molar-refractivity contribution in [3.8, 4) is 0 Å². The quantitative estimate of drug-likeness (QED) is 0.782. The van der Waals surface area contributed by atoms with Crippen molar-refractivity contribution in [1.29, 1.82) is 0 Å². The Bertz CT molecular complexity index is 566. The molecule has 4 nitrogen and oxygen atoms in total. The van der Waals surface area contributed by atoms with Gasteiger partial charge in [-0.25, -0.2) is 4.39 Å². The molecule has 0 aromatic heterocycles. The molecule has 0 atom stereocenters. The predicted molar refractivity (Wildman–Crippen MR) is 83.0 cm³/mol. The van der Waals surface area contributed by atoms with E-state index in [1.807, 2.05) is 39.8 Å². The maximum absolute atomic E-state index is 12.8. The summed E-state index contributed by atoms with van der Waals surface area (Å²) in [7, 11) is -0.437. The number of rotatable bonds is 2. The lowest BCUT2D eigenvalue weighted by Crippen LogP contribution is -2.51. The summed E-state index contributed by atoms with van der Waals surface area (Å²) < 4.78 is 24.8. The fourth-order valence-electron chi connectivity index (χ4n) is 2.54. The minimum atomic E-state index is -0.882. The van der Waals surface area contributed by atoms with Crippen molar-refractivity contribution < 1.29 is 18.5 Å². The van der Waals surface area contributed by atoms with Crippen LogP contribution in [0.15, 0.2) is 24.3 Å². The maximum Gasteiger partial charge on any atom is 0.494 e. The largest absolute Gasteiger partial charge is 0.494 e. The third kappa shape index (κ3) is 2.54. The zero-order valence-corrected chi connectivity index (χ0v) is 13.4. The van der Waals surface area contributed by atoms with Crippen molar-refractivity contribution in [2.45, 2.75) is 45.1 Å². The molecule has 1 amide bonds. The first kappa shape index (κ1) is 15.5. The molecule has 2 fully saturated rings. The Labute approximate surface area is 130 Å². The van der Waals surface area contributed by atoms with E-state index in [-0.39, 0.29) is 30.2 Å². The Balaban J connectivity index is 1.71. The average molecular weight is 305 g/mol. The highest BCUT2D eigenvalue weighted by Crippen LogP contribution is 2.36. The van der Waals surface area contributed by atoms with Crippen LogP contribution in [0.1, 0.15) is 38.1 Å². The van der Waals surface area contributed by atoms with Gasteiger partial charge in [0, 0.05) is 5.56 Å². The normalized spacial score (nSPS) is 23.5. The summed E-state index contributed by atoms with van der Waals surface area (Å²) in [6, 6.07) is 7.16. The zero-order chi connectivity index (χ0) is 16.1. The standard InChI is InChI=1S/C16H21BFNO3/c1-15(2)16(3,4)22-17(21-15)12-7-5-11(6-8-12)14(20)19-9-13(18)10-19/h5-8,13H,9-10H2,1-4H3. The monoisotopic (exact) mass is 305 g/mol. The second kappa shape index (κ2) is 5.06. The Kier molecular flexibility index (Phi) is 3.57. The van der Waals surface area contributed by atoms with Crippen LogP contribution in [0.4, 0.5) is 4.39 Å². The molecule has 0 aliphatic carbocycles. The van der Waals surface area contributed by atoms with Gasteiger partial charge in [0.25, 0.3) is 5.91 Å². The summed E-state index contributed by atoms with van der Waals surface area (Å²) in [5.41, 5.74) is 0.661. The van der Waals surface area contributed by atoms with E-state index in [0.717, 1.165) is 5.46 Å². The zero-order valence-electron chi connectivity index (χ0n) is 13.4. The van der Waals surface area contributed by atoms with Crippen LogP contribution in [-0.4, -0.2) is 48.4 Å². The van der Waals surface area contributed by atoms with Crippen molar-refractivity contribution in [2.24, 2.45) is 0 Å². The van der Waals surface area contributed by atoms with Crippen LogP contribution in [-0.2, 0) is 9.31 Å². The molecule has 1 aromatic rings. The number of carbonyl (C=O) groups excluding carboxylic acids is 1. The molecule has 2 saturated heterocycles. The second-order valence-electron chi connectivity index (χ2n) is 7.02. The van der Waals surface area contributed by atoms with E-state index >= 15 is 0 Å². The maximum atomic E-state index is 12.8. The lowest BCUT2D eigenvalue weighted by Gasteiger charge is -2.34. The van der Waals surface area contributed by atoms with Crippen molar-refractivity contribution in [3.63, 3.8) is 0 Å². The molecular weight excluding hydrogens is 284 g/mol. The molecule has 0 radical (unpaired) electrons.